The Balaban J connectivity index is 1.35. The molecule has 0 radical (unpaired) electrons. The summed E-state index contributed by atoms with van der Waals surface area (Å²) in [7, 11) is 0. The van der Waals surface area contributed by atoms with Crippen molar-refractivity contribution in [2.24, 2.45) is 0 Å². The van der Waals surface area contributed by atoms with Gasteiger partial charge in [-0.1, -0.05) is 47.1 Å². The molecular weight excluding hydrogens is 362 g/mol. The van der Waals surface area contributed by atoms with E-state index in [2.05, 4.69) is 15.5 Å². The van der Waals surface area contributed by atoms with Gasteiger partial charge in [-0.2, -0.15) is 0 Å². The van der Waals surface area contributed by atoms with Crippen LogP contribution in [0.25, 0.3) is 10.9 Å². The highest BCUT2D eigenvalue weighted by atomic mass is 35.5. The molecule has 27 heavy (non-hydrogen) atoms. The van der Waals surface area contributed by atoms with Crippen LogP contribution in [0.4, 0.5) is 0 Å². The van der Waals surface area contributed by atoms with E-state index in [-0.39, 0.29) is 5.91 Å². The average molecular weight is 380 g/mol. The lowest BCUT2D eigenvalue weighted by molar-refractivity contribution is 0.0945. The molecule has 0 spiro atoms. The second kappa shape index (κ2) is 7.68. The SMILES string of the molecule is O=C(NCCc1c[nH]c2ccc(Cl)cc12)c1cc(Cc2ccccc2)on1. The quantitative estimate of drug-likeness (QED) is 0.522. The molecule has 0 fully saturated rings. The Kier molecular flexibility index (Phi) is 4.94. The summed E-state index contributed by atoms with van der Waals surface area (Å²) in [5, 5.41) is 8.53. The number of hydrogen-bond acceptors (Lipinski definition) is 3. The first-order valence-electron chi connectivity index (χ1n) is 8.72. The zero-order valence-corrected chi connectivity index (χ0v) is 15.3. The number of aromatic amines is 1. The topological polar surface area (TPSA) is 70.9 Å². The van der Waals surface area contributed by atoms with Crippen molar-refractivity contribution in [3.63, 3.8) is 0 Å². The second-order valence-corrected chi connectivity index (χ2v) is 6.79. The van der Waals surface area contributed by atoms with Gasteiger partial charge in [0.1, 0.15) is 5.76 Å². The summed E-state index contributed by atoms with van der Waals surface area (Å²) in [5.41, 5.74) is 3.54. The third kappa shape index (κ3) is 4.04. The molecule has 6 heteroatoms. The van der Waals surface area contributed by atoms with Gasteiger partial charge in [-0.3, -0.25) is 4.79 Å². The molecule has 4 rings (SSSR count). The molecule has 2 heterocycles. The van der Waals surface area contributed by atoms with Crippen molar-refractivity contribution in [2.75, 3.05) is 6.54 Å². The van der Waals surface area contributed by atoms with E-state index in [0.29, 0.717) is 35.9 Å². The van der Waals surface area contributed by atoms with Crippen molar-refractivity contribution < 1.29 is 9.32 Å². The Bertz CT molecular complexity index is 1070. The molecular formula is C21H18ClN3O2. The van der Waals surface area contributed by atoms with E-state index in [1.54, 1.807) is 6.07 Å². The summed E-state index contributed by atoms with van der Waals surface area (Å²) < 4.78 is 5.28. The Morgan fingerprint density at radius 3 is 2.85 bits per heavy atom. The van der Waals surface area contributed by atoms with Gasteiger partial charge in [0.25, 0.3) is 5.91 Å². The molecule has 0 atom stereocenters. The summed E-state index contributed by atoms with van der Waals surface area (Å²) in [5.74, 6) is 0.425. The second-order valence-electron chi connectivity index (χ2n) is 6.35. The van der Waals surface area contributed by atoms with E-state index in [0.717, 1.165) is 22.0 Å². The number of aromatic nitrogens is 2. The highest BCUT2D eigenvalue weighted by Gasteiger charge is 2.13. The smallest absolute Gasteiger partial charge is 0.273 e. The first-order valence-corrected chi connectivity index (χ1v) is 9.10. The predicted molar refractivity (Wildman–Crippen MR) is 105 cm³/mol. The van der Waals surface area contributed by atoms with Gasteiger partial charge in [0.2, 0.25) is 0 Å². The Morgan fingerprint density at radius 2 is 2.00 bits per heavy atom. The van der Waals surface area contributed by atoms with E-state index in [4.69, 9.17) is 16.1 Å². The fourth-order valence-corrected chi connectivity index (χ4v) is 3.23. The van der Waals surface area contributed by atoms with Crippen LogP contribution in [0.15, 0.2) is 65.3 Å². The van der Waals surface area contributed by atoms with Crippen molar-refractivity contribution in [3.8, 4) is 0 Å². The summed E-state index contributed by atoms with van der Waals surface area (Å²) in [4.78, 5) is 15.5. The van der Waals surface area contributed by atoms with Crippen LogP contribution in [0.5, 0.6) is 0 Å². The standard InChI is InChI=1S/C21H18ClN3O2/c22-16-6-7-19-18(11-16)15(13-24-19)8-9-23-21(26)20-12-17(27-25-20)10-14-4-2-1-3-5-14/h1-7,11-13,24H,8-10H2,(H,23,26). The van der Waals surface area contributed by atoms with Crippen LogP contribution in [-0.4, -0.2) is 22.6 Å². The maximum Gasteiger partial charge on any atom is 0.273 e. The van der Waals surface area contributed by atoms with Crippen LogP contribution >= 0.6 is 11.6 Å². The summed E-state index contributed by atoms with van der Waals surface area (Å²) in [6.45, 7) is 0.499. The van der Waals surface area contributed by atoms with Crippen LogP contribution in [0.1, 0.15) is 27.4 Å². The number of fused-ring (bicyclic) bond motifs is 1. The Morgan fingerprint density at radius 1 is 1.15 bits per heavy atom. The number of halogens is 1. The molecule has 0 aliphatic heterocycles. The number of hydrogen-bond donors (Lipinski definition) is 2. The molecule has 0 unspecified atom stereocenters. The molecule has 2 aromatic carbocycles. The molecule has 0 saturated carbocycles. The van der Waals surface area contributed by atoms with Gasteiger partial charge in [-0.25, -0.2) is 0 Å². The highest BCUT2D eigenvalue weighted by molar-refractivity contribution is 6.31. The largest absolute Gasteiger partial charge is 0.361 e. The normalized spacial score (nSPS) is 11.0. The Hall–Kier alpha value is -3.05. The molecule has 2 N–H and O–H groups in total. The van der Waals surface area contributed by atoms with Crippen LogP contribution in [0.2, 0.25) is 5.02 Å². The van der Waals surface area contributed by atoms with E-state index in [9.17, 15) is 4.79 Å². The lowest BCUT2D eigenvalue weighted by Gasteiger charge is -2.02. The maximum absolute atomic E-state index is 12.3. The molecule has 0 saturated heterocycles. The first kappa shape index (κ1) is 17.4. The summed E-state index contributed by atoms with van der Waals surface area (Å²) >= 11 is 6.07. The number of H-pyrrole nitrogens is 1. The molecule has 0 bridgehead atoms. The van der Waals surface area contributed by atoms with E-state index >= 15 is 0 Å². The number of rotatable bonds is 6. The third-order valence-electron chi connectivity index (χ3n) is 4.42. The molecule has 5 nitrogen and oxygen atoms in total. The van der Waals surface area contributed by atoms with Gasteiger partial charge in [0.05, 0.1) is 0 Å². The lowest BCUT2D eigenvalue weighted by atomic mass is 10.1. The van der Waals surface area contributed by atoms with E-state index < -0.39 is 0 Å². The van der Waals surface area contributed by atoms with Crippen molar-refractivity contribution in [1.82, 2.24) is 15.5 Å². The molecule has 0 aliphatic carbocycles. The average Bonchev–Trinajstić information content (AvgIpc) is 3.30. The molecule has 0 aliphatic rings. The zero-order valence-electron chi connectivity index (χ0n) is 14.5. The van der Waals surface area contributed by atoms with Crippen LogP contribution < -0.4 is 5.32 Å². The van der Waals surface area contributed by atoms with Crippen molar-refractivity contribution in [2.45, 2.75) is 12.8 Å². The van der Waals surface area contributed by atoms with Gasteiger partial charge >= 0.3 is 0 Å². The van der Waals surface area contributed by atoms with E-state index in [1.165, 1.54) is 0 Å². The minimum absolute atomic E-state index is 0.240. The minimum Gasteiger partial charge on any atom is -0.361 e. The Labute approximate surface area is 161 Å². The number of carbonyl (C=O) groups is 1. The van der Waals surface area contributed by atoms with Crippen molar-refractivity contribution in [1.29, 1.82) is 0 Å². The predicted octanol–water partition coefficient (Wildman–Crippen LogP) is 4.37. The first-order chi connectivity index (χ1) is 13.2. The van der Waals surface area contributed by atoms with E-state index in [1.807, 2.05) is 54.7 Å². The number of benzene rings is 2. The maximum atomic E-state index is 12.3. The molecule has 136 valence electrons. The summed E-state index contributed by atoms with van der Waals surface area (Å²) in [6, 6.07) is 17.3. The van der Waals surface area contributed by atoms with Crippen molar-refractivity contribution in [3.05, 3.63) is 88.4 Å². The molecule has 4 aromatic rings. The van der Waals surface area contributed by atoms with Gasteiger partial charge in [0.15, 0.2) is 5.69 Å². The van der Waals surface area contributed by atoms with Crippen LogP contribution in [-0.2, 0) is 12.8 Å². The van der Waals surface area contributed by atoms with Gasteiger partial charge in [-0.05, 0) is 35.7 Å². The van der Waals surface area contributed by atoms with Gasteiger partial charge < -0.3 is 14.8 Å². The van der Waals surface area contributed by atoms with Crippen LogP contribution in [0.3, 0.4) is 0 Å². The monoisotopic (exact) mass is 379 g/mol. The van der Waals surface area contributed by atoms with Crippen molar-refractivity contribution >= 4 is 28.4 Å². The molecule has 2 aromatic heterocycles. The minimum atomic E-state index is -0.240. The van der Waals surface area contributed by atoms with Gasteiger partial charge in [0, 0.05) is 41.2 Å². The van der Waals surface area contributed by atoms with Gasteiger partial charge in [-0.15, -0.1) is 0 Å². The van der Waals surface area contributed by atoms with Crippen LogP contribution in [0, 0.1) is 0 Å². The lowest BCUT2D eigenvalue weighted by Crippen LogP contribution is -2.25. The number of amides is 1. The fourth-order valence-electron chi connectivity index (χ4n) is 3.06. The highest BCUT2D eigenvalue weighted by Crippen LogP contribution is 2.22. The number of nitrogens with zero attached hydrogens (tertiary/aromatic N) is 1. The number of carbonyl (C=O) groups excluding carboxylic acids is 1. The number of nitrogens with one attached hydrogen (secondary N) is 2. The zero-order chi connectivity index (χ0) is 18.6. The summed E-state index contributed by atoms with van der Waals surface area (Å²) in [6.07, 6.45) is 3.25. The fraction of sp³-hybridized carbons (Fsp3) is 0.143. The third-order valence-corrected chi connectivity index (χ3v) is 4.66. The molecule has 1 amide bonds.